The first-order chi connectivity index (χ1) is 8.25. The van der Waals surface area contributed by atoms with Gasteiger partial charge in [0.15, 0.2) is 5.82 Å². The minimum Gasteiger partial charge on any atom is -0.381 e. The normalized spacial score (nSPS) is 19.5. The quantitative estimate of drug-likeness (QED) is 0.763. The zero-order valence-electron chi connectivity index (χ0n) is 9.94. The van der Waals surface area contributed by atoms with E-state index in [0.29, 0.717) is 25.5 Å². The van der Waals surface area contributed by atoms with Crippen LogP contribution < -0.4 is 5.32 Å². The number of nitrogens with one attached hydrogen (secondary N) is 1. The second-order valence-electron chi connectivity index (χ2n) is 4.19. The predicted octanol–water partition coefficient (Wildman–Crippen LogP) is 0.642. The minimum atomic E-state index is -0.0145. The van der Waals surface area contributed by atoms with Gasteiger partial charge in [-0.1, -0.05) is 5.16 Å². The number of aromatic nitrogens is 2. The van der Waals surface area contributed by atoms with Crippen LogP contribution in [0.15, 0.2) is 4.52 Å². The van der Waals surface area contributed by atoms with E-state index in [0.717, 1.165) is 25.3 Å². The van der Waals surface area contributed by atoms with Gasteiger partial charge in [-0.25, -0.2) is 0 Å². The molecule has 1 saturated heterocycles. The van der Waals surface area contributed by atoms with Gasteiger partial charge in [0, 0.05) is 32.4 Å². The van der Waals surface area contributed by atoms with Crippen LogP contribution in [0.5, 0.6) is 0 Å². The molecule has 94 valence electrons. The Morgan fingerprint density at radius 1 is 1.59 bits per heavy atom. The molecule has 2 heterocycles. The first-order valence-corrected chi connectivity index (χ1v) is 5.90. The second-order valence-corrected chi connectivity index (χ2v) is 4.19. The number of nitrogens with zero attached hydrogens (tertiary/aromatic N) is 2. The summed E-state index contributed by atoms with van der Waals surface area (Å²) in [5.41, 5.74) is 0. The summed E-state index contributed by atoms with van der Waals surface area (Å²) in [4.78, 5) is 15.0. The van der Waals surface area contributed by atoms with Crippen LogP contribution in [0, 0.1) is 0 Å². The maximum atomic E-state index is 10.7. The number of hydrogen-bond acceptors (Lipinski definition) is 5. The van der Waals surface area contributed by atoms with Gasteiger partial charge in [0.05, 0.1) is 6.61 Å². The van der Waals surface area contributed by atoms with Crippen LogP contribution in [0.3, 0.4) is 0 Å². The molecule has 2 rings (SSSR count). The maximum absolute atomic E-state index is 10.7. The summed E-state index contributed by atoms with van der Waals surface area (Å²) in [5, 5.41) is 6.69. The first kappa shape index (κ1) is 12.0. The molecular weight excluding hydrogens is 222 g/mol. The fourth-order valence-electron chi connectivity index (χ4n) is 1.78. The van der Waals surface area contributed by atoms with E-state index in [-0.39, 0.29) is 11.8 Å². The Balaban J connectivity index is 1.75. The van der Waals surface area contributed by atoms with Crippen LogP contribution in [0.2, 0.25) is 0 Å². The molecule has 1 aliphatic heterocycles. The Bertz CT molecular complexity index is 372. The average molecular weight is 239 g/mol. The van der Waals surface area contributed by atoms with Crippen LogP contribution in [-0.2, 0) is 16.0 Å². The van der Waals surface area contributed by atoms with Gasteiger partial charge in [-0.15, -0.1) is 0 Å². The fourth-order valence-corrected chi connectivity index (χ4v) is 1.78. The molecule has 0 bridgehead atoms. The highest BCUT2D eigenvalue weighted by atomic mass is 16.5. The van der Waals surface area contributed by atoms with E-state index in [9.17, 15) is 4.79 Å². The molecule has 0 spiro atoms. The third kappa shape index (κ3) is 3.52. The predicted molar refractivity (Wildman–Crippen MR) is 59.5 cm³/mol. The average Bonchev–Trinajstić information content (AvgIpc) is 2.94. The fraction of sp³-hybridized carbons (Fsp3) is 0.727. The van der Waals surface area contributed by atoms with E-state index in [1.165, 1.54) is 6.92 Å². The summed E-state index contributed by atoms with van der Waals surface area (Å²) in [6.45, 7) is 3.60. The lowest BCUT2D eigenvalue weighted by Crippen LogP contribution is -2.21. The molecule has 0 saturated carbocycles. The van der Waals surface area contributed by atoms with Gasteiger partial charge in [-0.2, -0.15) is 4.98 Å². The number of rotatable bonds is 5. The number of hydrogen-bond donors (Lipinski definition) is 1. The highest BCUT2D eigenvalue weighted by Gasteiger charge is 2.22. The molecule has 1 atom stereocenters. The number of aryl methyl sites for hydroxylation is 1. The Morgan fingerprint density at radius 3 is 3.18 bits per heavy atom. The van der Waals surface area contributed by atoms with Crippen LogP contribution in [0.1, 0.15) is 37.4 Å². The van der Waals surface area contributed by atoms with Crippen molar-refractivity contribution in [3.05, 3.63) is 11.7 Å². The molecular formula is C11H17N3O3. The lowest BCUT2D eigenvalue weighted by Gasteiger charge is -1.99. The molecule has 6 heteroatoms. The van der Waals surface area contributed by atoms with Crippen molar-refractivity contribution in [3.63, 3.8) is 0 Å². The Kier molecular flexibility index (Phi) is 4.08. The Morgan fingerprint density at radius 2 is 2.47 bits per heavy atom. The lowest BCUT2D eigenvalue weighted by molar-refractivity contribution is -0.118. The highest BCUT2D eigenvalue weighted by molar-refractivity contribution is 5.72. The number of carbonyl (C=O) groups is 1. The van der Waals surface area contributed by atoms with Crippen molar-refractivity contribution in [1.82, 2.24) is 15.5 Å². The third-order valence-corrected chi connectivity index (χ3v) is 2.72. The molecule has 6 nitrogen and oxygen atoms in total. The molecule has 17 heavy (non-hydrogen) atoms. The first-order valence-electron chi connectivity index (χ1n) is 5.90. The molecule has 0 radical (unpaired) electrons. The number of carbonyl (C=O) groups excluding carboxylic acids is 1. The van der Waals surface area contributed by atoms with E-state index in [2.05, 4.69) is 15.5 Å². The van der Waals surface area contributed by atoms with Crippen molar-refractivity contribution in [2.75, 3.05) is 19.8 Å². The van der Waals surface area contributed by atoms with Gasteiger partial charge >= 0.3 is 0 Å². The van der Waals surface area contributed by atoms with Crippen LogP contribution in [0.4, 0.5) is 0 Å². The van der Waals surface area contributed by atoms with Gasteiger partial charge in [0.2, 0.25) is 11.8 Å². The highest BCUT2D eigenvalue weighted by Crippen LogP contribution is 2.22. The number of ether oxygens (including phenoxy) is 1. The molecule has 1 aromatic rings. The SMILES string of the molecule is CC(=O)NCCCc1nc(C2CCOC2)no1. The molecule has 1 N–H and O–H groups in total. The van der Waals surface area contributed by atoms with Gasteiger partial charge in [-0.3, -0.25) is 4.79 Å². The van der Waals surface area contributed by atoms with Gasteiger partial charge in [0.1, 0.15) is 0 Å². The van der Waals surface area contributed by atoms with E-state index < -0.39 is 0 Å². The van der Waals surface area contributed by atoms with Crippen molar-refractivity contribution >= 4 is 5.91 Å². The summed E-state index contributed by atoms with van der Waals surface area (Å²) in [7, 11) is 0. The van der Waals surface area contributed by atoms with E-state index in [4.69, 9.17) is 9.26 Å². The summed E-state index contributed by atoms with van der Waals surface area (Å²) in [5.74, 6) is 1.65. The molecule has 0 aromatic carbocycles. The van der Waals surface area contributed by atoms with Crippen LogP contribution in [-0.4, -0.2) is 35.8 Å². The van der Waals surface area contributed by atoms with Gasteiger partial charge in [-0.05, 0) is 12.8 Å². The molecule has 1 aromatic heterocycles. The van der Waals surface area contributed by atoms with Crippen molar-refractivity contribution in [2.24, 2.45) is 0 Å². The van der Waals surface area contributed by atoms with Crippen LogP contribution >= 0.6 is 0 Å². The maximum Gasteiger partial charge on any atom is 0.226 e. The van der Waals surface area contributed by atoms with Crippen molar-refractivity contribution in [1.29, 1.82) is 0 Å². The van der Waals surface area contributed by atoms with E-state index >= 15 is 0 Å². The van der Waals surface area contributed by atoms with Crippen molar-refractivity contribution in [3.8, 4) is 0 Å². The molecule has 1 amide bonds. The molecule has 1 aliphatic rings. The number of amides is 1. The summed E-state index contributed by atoms with van der Waals surface area (Å²) in [6, 6.07) is 0. The summed E-state index contributed by atoms with van der Waals surface area (Å²) < 4.78 is 10.4. The van der Waals surface area contributed by atoms with Gasteiger partial charge in [0.25, 0.3) is 0 Å². The van der Waals surface area contributed by atoms with Gasteiger partial charge < -0.3 is 14.6 Å². The second kappa shape index (κ2) is 5.77. The van der Waals surface area contributed by atoms with E-state index in [1.807, 2.05) is 0 Å². The summed E-state index contributed by atoms with van der Waals surface area (Å²) >= 11 is 0. The molecule has 1 fully saturated rings. The zero-order chi connectivity index (χ0) is 12.1. The zero-order valence-corrected chi connectivity index (χ0v) is 9.94. The largest absolute Gasteiger partial charge is 0.381 e. The molecule has 1 unspecified atom stereocenters. The topological polar surface area (TPSA) is 77.2 Å². The monoisotopic (exact) mass is 239 g/mol. The third-order valence-electron chi connectivity index (χ3n) is 2.72. The van der Waals surface area contributed by atoms with E-state index in [1.54, 1.807) is 0 Å². The Labute approximate surface area is 99.7 Å². The molecule has 0 aliphatic carbocycles. The lowest BCUT2D eigenvalue weighted by atomic mass is 10.1. The van der Waals surface area contributed by atoms with Crippen molar-refractivity contribution < 1.29 is 14.1 Å². The Hall–Kier alpha value is -1.43. The van der Waals surface area contributed by atoms with Crippen molar-refractivity contribution in [2.45, 2.75) is 32.1 Å². The summed E-state index contributed by atoms with van der Waals surface area (Å²) in [6.07, 6.45) is 2.47. The minimum absolute atomic E-state index is 0.0145. The van der Waals surface area contributed by atoms with Crippen LogP contribution in [0.25, 0.3) is 0 Å². The smallest absolute Gasteiger partial charge is 0.226 e. The standard InChI is InChI=1S/C11H17N3O3/c1-8(15)12-5-2-3-10-13-11(14-17-10)9-4-6-16-7-9/h9H,2-7H2,1H3,(H,12,15).